The maximum absolute atomic E-state index is 13.1. The highest BCUT2D eigenvalue weighted by molar-refractivity contribution is 6.05. The third-order valence-corrected chi connectivity index (χ3v) is 4.92. The Morgan fingerprint density at radius 2 is 1.97 bits per heavy atom. The molecule has 1 N–H and O–H groups in total. The van der Waals surface area contributed by atoms with Crippen LogP contribution < -0.4 is 10.2 Å². The van der Waals surface area contributed by atoms with Crippen LogP contribution in [0, 0.1) is 5.82 Å². The molecule has 8 heteroatoms. The van der Waals surface area contributed by atoms with Crippen LogP contribution >= 0.6 is 0 Å². The number of ether oxygens (including phenoxy) is 1. The van der Waals surface area contributed by atoms with Gasteiger partial charge in [-0.1, -0.05) is 12.1 Å². The number of nitrogens with zero attached hydrogens (tertiary/aromatic N) is 3. The molecule has 4 rings (SSSR count). The van der Waals surface area contributed by atoms with Gasteiger partial charge in [0.05, 0.1) is 17.5 Å². The van der Waals surface area contributed by atoms with E-state index < -0.39 is 6.04 Å². The van der Waals surface area contributed by atoms with Crippen molar-refractivity contribution in [1.29, 1.82) is 0 Å². The van der Waals surface area contributed by atoms with Crippen molar-refractivity contribution in [3.63, 3.8) is 0 Å². The SMILES string of the molecule is COCCCN1C(=O)[C@@H](CC(=O)Nc2ccc(F)cc2)n2c1nc1ccccc12. The average Bonchev–Trinajstić information content (AvgIpc) is 3.20. The second kappa shape index (κ2) is 8.00. The van der Waals surface area contributed by atoms with Crippen molar-refractivity contribution in [2.75, 3.05) is 30.5 Å². The second-order valence-electron chi connectivity index (χ2n) is 6.88. The Kier molecular flexibility index (Phi) is 5.26. The number of imidazole rings is 1. The summed E-state index contributed by atoms with van der Waals surface area (Å²) < 4.78 is 20.0. The van der Waals surface area contributed by atoms with E-state index >= 15 is 0 Å². The summed E-state index contributed by atoms with van der Waals surface area (Å²) in [5.74, 6) is -0.317. The average molecular weight is 396 g/mol. The number of rotatable bonds is 7. The van der Waals surface area contributed by atoms with Gasteiger partial charge in [-0.3, -0.25) is 19.1 Å². The molecular weight excluding hydrogens is 375 g/mol. The van der Waals surface area contributed by atoms with Crippen molar-refractivity contribution < 1.29 is 18.7 Å². The maximum Gasteiger partial charge on any atom is 0.253 e. The van der Waals surface area contributed by atoms with E-state index in [0.717, 1.165) is 11.0 Å². The lowest BCUT2D eigenvalue weighted by atomic mass is 10.1. The number of hydrogen-bond donors (Lipinski definition) is 1. The van der Waals surface area contributed by atoms with Gasteiger partial charge in [0.2, 0.25) is 11.9 Å². The number of aromatic nitrogens is 2. The van der Waals surface area contributed by atoms with Crippen LogP contribution in [-0.4, -0.2) is 41.6 Å². The van der Waals surface area contributed by atoms with E-state index in [-0.39, 0.29) is 24.1 Å². The highest BCUT2D eigenvalue weighted by atomic mass is 19.1. The molecule has 2 heterocycles. The van der Waals surface area contributed by atoms with Gasteiger partial charge in [0, 0.05) is 25.9 Å². The Hall–Kier alpha value is -3.26. The summed E-state index contributed by atoms with van der Waals surface area (Å²) in [6.07, 6.45) is 0.629. The van der Waals surface area contributed by atoms with Crippen LogP contribution in [0.2, 0.25) is 0 Å². The van der Waals surface area contributed by atoms with E-state index in [4.69, 9.17) is 4.74 Å². The Bertz CT molecular complexity index is 1050. The van der Waals surface area contributed by atoms with Gasteiger partial charge in [-0.2, -0.15) is 0 Å². The largest absolute Gasteiger partial charge is 0.385 e. The first-order valence-electron chi connectivity index (χ1n) is 9.41. The number of anilines is 2. The van der Waals surface area contributed by atoms with Crippen LogP contribution in [0.1, 0.15) is 18.9 Å². The molecule has 0 radical (unpaired) electrons. The molecule has 3 aromatic rings. The van der Waals surface area contributed by atoms with E-state index in [1.165, 1.54) is 24.3 Å². The zero-order valence-electron chi connectivity index (χ0n) is 16.0. The number of nitrogens with one attached hydrogen (secondary N) is 1. The van der Waals surface area contributed by atoms with Crippen LogP contribution in [0.3, 0.4) is 0 Å². The lowest BCUT2D eigenvalue weighted by molar-refractivity contribution is -0.124. The molecule has 0 saturated carbocycles. The van der Waals surface area contributed by atoms with E-state index in [1.54, 1.807) is 12.0 Å². The lowest BCUT2D eigenvalue weighted by Crippen LogP contribution is -2.32. The zero-order chi connectivity index (χ0) is 20.4. The van der Waals surface area contributed by atoms with Gasteiger partial charge in [0.25, 0.3) is 5.91 Å². The number of para-hydroxylation sites is 2. The third kappa shape index (κ3) is 3.71. The van der Waals surface area contributed by atoms with Crippen molar-refractivity contribution >= 4 is 34.5 Å². The molecule has 7 nitrogen and oxygen atoms in total. The first kappa shape index (κ1) is 19.1. The minimum absolute atomic E-state index is 0.0374. The Labute approximate surface area is 167 Å². The summed E-state index contributed by atoms with van der Waals surface area (Å²) in [5, 5.41) is 2.72. The summed E-state index contributed by atoms with van der Waals surface area (Å²) >= 11 is 0. The predicted molar refractivity (Wildman–Crippen MR) is 107 cm³/mol. The molecule has 0 saturated heterocycles. The van der Waals surface area contributed by atoms with Gasteiger partial charge in [-0.05, 0) is 42.8 Å². The van der Waals surface area contributed by atoms with Gasteiger partial charge in [0.15, 0.2) is 0 Å². The zero-order valence-corrected chi connectivity index (χ0v) is 16.0. The van der Waals surface area contributed by atoms with Crippen molar-refractivity contribution in [2.45, 2.75) is 18.9 Å². The van der Waals surface area contributed by atoms with Crippen LogP contribution in [0.5, 0.6) is 0 Å². The minimum atomic E-state index is -0.680. The number of benzene rings is 2. The number of carbonyl (C=O) groups is 2. The molecule has 29 heavy (non-hydrogen) atoms. The number of halogens is 1. The van der Waals surface area contributed by atoms with Crippen molar-refractivity contribution in [1.82, 2.24) is 9.55 Å². The molecule has 2 amide bonds. The number of carbonyl (C=O) groups excluding carboxylic acids is 2. The highest BCUT2D eigenvalue weighted by Gasteiger charge is 2.40. The first-order valence-corrected chi connectivity index (χ1v) is 9.41. The number of hydrogen-bond acceptors (Lipinski definition) is 4. The van der Waals surface area contributed by atoms with Crippen LogP contribution in [0.4, 0.5) is 16.0 Å². The minimum Gasteiger partial charge on any atom is -0.385 e. The monoisotopic (exact) mass is 396 g/mol. The lowest BCUT2D eigenvalue weighted by Gasteiger charge is -2.15. The molecule has 1 atom stereocenters. The van der Waals surface area contributed by atoms with Crippen LogP contribution in [0.25, 0.3) is 11.0 Å². The summed E-state index contributed by atoms with van der Waals surface area (Å²) in [7, 11) is 1.61. The van der Waals surface area contributed by atoms with Gasteiger partial charge in [-0.15, -0.1) is 0 Å². The van der Waals surface area contributed by atoms with E-state index in [9.17, 15) is 14.0 Å². The Morgan fingerprint density at radius 3 is 2.72 bits per heavy atom. The molecule has 1 aliphatic heterocycles. The molecular formula is C21H21FN4O3. The molecule has 0 spiro atoms. The highest BCUT2D eigenvalue weighted by Crippen LogP contribution is 2.36. The fourth-order valence-electron chi connectivity index (χ4n) is 3.59. The first-order chi connectivity index (χ1) is 14.1. The van der Waals surface area contributed by atoms with Gasteiger partial charge < -0.3 is 10.1 Å². The fourth-order valence-corrected chi connectivity index (χ4v) is 3.59. The number of methoxy groups -OCH3 is 1. The summed E-state index contributed by atoms with van der Waals surface area (Å²) in [6.45, 7) is 0.992. The third-order valence-electron chi connectivity index (χ3n) is 4.92. The fraction of sp³-hybridized carbons (Fsp3) is 0.286. The van der Waals surface area contributed by atoms with E-state index in [0.29, 0.717) is 31.2 Å². The molecule has 1 aliphatic rings. The Morgan fingerprint density at radius 1 is 1.21 bits per heavy atom. The van der Waals surface area contributed by atoms with Gasteiger partial charge in [0.1, 0.15) is 11.9 Å². The van der Waals surface area contributed by atoms with E-state index in [2.05, 4.69) is 10.3 Å². The molecule has 150 valence electrons. The van der Waals surface area contributed by atoms with Gasteiger partial charge in [-0.25, -0.2) is 9.37 Å². The molecule has 2 aromatic carbocycles. The smallest absolute Gasteiger partial charge is 0.253 e. The molecule has 1 aromatic heterocycles. The molecule has 0 bridgehead atoms. The number of amides is 2. The van der Waals surface area contributed by atoms with E-state index in [1.807, 2.05) is 28.8 Å². The normalized spacial score (nSPS) is 15.7. The molecule has 0 aliphatic carbocycles. The standard InChI is InChI=1S/C21H21FN4O3/c1-29-12-4-11-25-20(28)18(13-19(27)23-15-9-7-14(22)8-10-15)26-17-6-3-2-5-16(17)24-21(25)26/h2-3,5-10,18H,4,11-13H2,1H3,(H,23,27)/t18-/m1/s1. The van der Waals surface area contributed by atoms with Crippen molar-refractivity contribution in [3.8, 4) is 0 Å². The predicted octanol–water partition coefficient (Wildman–Crippen LogP) is 3.13. The number of fused-ring (bicyclic) bond motifs is 3. The van der Waals surface area contributed by atoms with Crippen LogP contribution in [0.15, 0.2) is 48.5 Å². The van der Waals surface area contributed by atoms with Crippen molar-refractivity contribution in [2.24, 2.45) is 0 Å². The molecule has 0 fully saturated rings. The maximum atomic E-state index is 13.1. The summed E-state index contributed by atoms with van der Waals surface area (Å²) in [4.78, 5) is 31.9. The topological polar surface area (TPSA) is 76.5 Å². The molecule has 0 unspecified atom stereocenters. The summed E-state index contributed by atoms with van der Waals surface area (Å²) in [6, 6.07) is 12.4. The van der Waals surface area contributed by atoms with Crippen molar-refractivity contribution in [3.05, 3.63) is 54.3 Å². The summed E-state index contributed by atoms with van der Waals surface area (Å²) in [5.41, 5.74) is 2.06. The Balaban J connectivity index is 1.60. The van der Waals surface area contributed by atoms with Gasteiger partial charge >= 0.3 is 0 Å². The quantitative estimate of drug-likeness (QED) is 0.623. The second-order valence-corrected chi connectivity index (χ2v) is 6.88. The van der Waals surface area contributed by atoms with Crippen LogP contribution in [-0.2, 0) is 14.3 Å².